The molecule has 0 aromatic heterocycles. The Kier molecular flexibility index (Phi) is 11.5. The van der Waals surface area contributed by atoms with Crippen LogP contribution in [0.4, 0.5) is 0 Å². The lowest BCUT2D eigenvalue weighted by Gasteiger charge is -2.41. The van der Waals surface area contributed by atoms with E-state index in [2.05, 4.69) is 10.3 Å². The summed E-state index contributed by atoms with van der Waals surface area (Å²) in [6.45, 7) is 5.20. The maximum Gasteiger partial charge on any atom is 0.268 e. The van der Waals surface area contributed by atoms with Crippen LogP contribution < -0.4 is 10.6 Å². The highest BCUT2D eigenvalue weighted by molar-refractivity contribution is 7.45. The molecule has 1 atom stereocenters. The van der Waals surface area contributed by atoms with Crippen molar-refractivity contribution in [1.82, 2.24) is 0 Å². The van der Waals surface area contributed by atoms with E-state index in [1.54, 1.807) is 27.8 Å². The first kappa shape index (κ1) is 22.2. The SMILES string of the molecule is CCCOP(=O)([O-])OC(CC)(CC)C(Cl)(Cl)Cl.C[NH3+]. The first-order valence-corrected chi connectivity index (χ1v) is 8.67. The van der Waals surface area contributed by atoms with Gasteiger partial charge in [0.05, 0.1) is 13.7 Å². The summed E-state index contributed by atoms with van der Waals surface area (Å²) >= 11 is 17.4. The molecule has 0 aromatic carbocycles. The molecule has 0 fully saturated rings. The number of quaternary nitrogens is 1. The van der Waals surface area contributed by atoms with Crippen molar-refractivity contribution < 1.29 is 24.2 Å². The van der Waals surface area contributed by atoms with Gasteiger partial charge >= 0.3 is 0 Å². The summed E-state index contributed by atoms with van der Waals surface area (Å²) in [4.78, 5) is 11.6. The van der Waals surface area contributed by atoms with Crippen LogP contribution in [0.5, 0.6) is 0 Å². The second kappa shape index (κ2) is 9.80. The molecule has 0 aliphatic rings. The molecule has 3 N–H and O–H groups in total. The summed E-state index contributed by atoms with van der Waals surface area (Å²) in [5, 5.41) is 0. The van der Waals surface area contributed by atoms with Crippen LogP contribution in [-0.4, -0.2) is 23.0 Å². The Bertz CT molecular complexity index is 282. The second-order valence-electron chi connectivity index (χ2n) is 3.57. The number of alkyl halides is 3. The topological polar surface area (TPSA) is 86.2 Å². The van der Waals surface area contributed by atoms with Gasteiger partial charge in [0.2, 0.25) is 3.79 Å². The number of phosphoric ester groups is 1. The van der Waals surface area contributed by atoms with Crippen molar-refractivity contribution in [1.29, 1.82) is 0 Å². The highest BCUT2D eigenvalue weighted by Gasteiger charge is 2.49. The minimum Gasteiger partial charge on any atom is -0.756 e. The van der Waals surface area contributed by atoms with Gasteiger partial charge in [0, 0.05) is 0 Å². The first-order valence-electron chi connectivity index (χ1n) is 6.08. The van der Waals surface area contributed by atoms with E-state index < -0.39 is 17.2 Å². The fraction of sp³-hybridized carbons (Fsp3) is 1.00. The highest BCUT2D eigenvalue weighted by atomic mass is 35.6. The molecule has 0 aliphatic carbocycles. The summed E-state index contributed by atoms with van der Waals surface area (Å²) in [5.41, 5.74) is 1.85. The van der Waals surface area contributed by atoms with Gasteiger partial charge in [0.15, 0.2) is 0 Å². The Morgan fingerprint density at radius 2 is 1.58 bits per heavy atom. The van der Waals surface area contributed by atoms with Crippen molar-refractivity contribution in [2.24, 2.45) is 0 Å². The van der Waals surface area contributed by atoms with Crippen molar-refractivity contribution in [3.8, 4) is 0 Å². The van der Waals surface area contributed by atoms with E-state index in [1.165, 1.54) is 0 Å². The fourth-order valence-electron chi connectivity index (χ4n) is 1.28. The summed E-state index contributed by atoms with van der Waals surface area (Å²) in [7, 11) is -2.71. The maximum atomic E-state index is 11.6. The van der Waals surface area contributed by atoms with Crippen LogP contribution in [-0.2, 0) is 13.6 Å². The van der Waals surface area contributed by atoms with E-state index in [1.807, 2.05) is 0 Å². The summed E-state index contributed by atoms with van der Waals surface area (Å²) in [6.07, 6.45) is 1.03. The Balaban J connectivity index is 0. The van der Waals surface area contributed by atoms with Crippen LogP contribution in [0, 0.1) is 0 Å². The second-order valence-corrected chi connectivity index (χ2v) is 7.19. The standard InChI is InChI=1S/C9H18Cl3O4P.CH5N/c1-4-7-15-17(13,14)16-8(5-2,6-3)9(10,11)12;1-2/h4-7H2,1-3H3,(H,13,14);2H2,1H3. The van der Waals surface area contributed by atoms with Gasteiger partial charge in [-0.15, -0.1) is 0 Å². The molecule has 19 heavy (non-hydrogen) atoms. The zero-order valence-electron chi connectivity index (χ0n) is 11.7. The van der Waals surface area contributed by atoms with Gasteiger partial charge in [-0.2, -0.15) is 0 Å². The third kappa shape index (κ3) is 7.49. The van der Waals surface area contributed by atoms with Gasteiger partial charge in [0.1, 0.15) is 5.60 Å². The third-order valence-corrected chi connectivity index (χ3v) is 4.50. The predicted octanol–water partition coefficient (Wildman–Crippen LogP) is 2.69. The monoisotopic (exact) mass is 357 g/mol. The van der Waals surface area contributed by atoms with Crippen molar-refractivity contribution in [2.45, 2.75) is 49.4 Å². The zero-order chi connectivity index (χ0) is 15.7. The molecule has 9 heteroatoms. The van der Waals surface area contributed by atoms with E-state index in [9.17, 15) is 9.46 Å². The number of hydrogen-bond acceptors (Lipinski definition) is 4. The number of halogens is 3. The van der Waals surface area contributed by atoms with Gasteiger partial charge in [-0.1, -0.05) is 55.6 Å². The van der Waals surface area contributed by atoms with Crippen LogP contribution >= 0.6 is 42.6 Å². The van der Waals surface area contributed by atoms with Gasteiger partial charge in [-0.25, -0.2) is 0 Å². The molecule has 1 unspecified atom stereocenters. The van der Waals surface area contributed by atoms with Crippen LogP contribution in [0.25, 0.3) is 0 Å². The molecule has 0 spiro atoms. The molecule has 0 amide bonds. The molecule has 5 nitrogen and oxygen atoms in total. The largest absolute Gasteiger partial charge is 0.756 e. The van der Waals surface area contributed by atoms with Crippen LogP contribution in [0.1, 0.15) is 40.0 Å². The van der Waals surface area contributed by atoms with Crippen molar-refractivity contribution in [2.75, 3.05) is 13.7 Å². The number of phosphoric acid groups is 1. The number of rotatable bonds is 7. The van der Waals surface area contributed by atoms with Crippen molar-refractivity contribution in [3.63, 3.8) is 0 Å². The first-order chi connectivity index (χ1) is 8.64. The molecule has 0 aromatic rings. The molecule has 0 heterocycles. The molecule has 0 saturated heterocycles. The molecule has 0 radical (unpaired) electrons. The highest BCUT2D eigenvalue weighted by Crippen LogP contribution is 2.54. The molecule has 0 aliphatic heterocycles. The minimum absolute atomic E-state index is 0.0458. The van der Waals surface area contributed by atoms with Gasteiger partial charge in [0.25, 0.3) is 7.82 Å². The van der Waals surface area contributed by atoms with E-state index in [0.717, 1.165) is 0 Å². The van der Waals surface area contributed by atoms with Crippen LogP contribution in [0.15, 0.2) is 0 Å². The van der Waals surface area contributed by atoms with Crippen molar-refractivity contribution in [3.05, 3.63) is 0 Å². The lowest BCUT2D eigenvalue weighted by Crippen LogP contribution is -2.44. The quantitative estimate of drug-likeness (QED) is 0.560. The Hall–Kier alpha value is 0.940. The molecular weight excluding hydrogens is 335 g/mol. The van der Waals surface area contributed by atoms with Crippen molar-refractivity contribution >= 4 is 42.6 Å². The van der Waals surface area contributed by atoms with E-state index in [0.29, 0.717) is 6.42 Å². The Labute approximate surface area is 130 Å². The molecular formula is C10H23Cl3NO4P. The van der Waals surface area contributed by atoms with Crippen LogP contribution in [0.2, 0.25) is 0 Å². The fourth-order valence-corrected chi connectivity index (χ4v) is 3.64. The molecule has 0 rings (SSSR count). The third-order valence-electron chi connectivity index (χ3n) is 2.40. The van der Waals surface area contributed by atoms with E-state index in [-0.39, 0.29) is 19.4 Å². The van der Waals surface area contributed by atoms with E-state index >= 15 is 0 Å². The van der Waals surface area contributed by atoms with Gasteiger partial charge in [-0.05, 0) is 19.3 Å². The normalized spacial score (nSPS) is 15.4. The maximum absolute atomic E-state index is 11.6. The van der Waals surface area contributed by atoms with Gasteiger partial charge < -0.3 is 19.7 Å². The lowest BCUT2D eigenvalue weighted by atomic mass is 10.00. The lowest BCUT2D eigenvalue weighted by molar-refractivity contribution is -0.325. The summed E-state index contributed by atoms with van der Waals surface area (Å²) < 4.78 is 19.3. The average Bonchev–Trinajstić information content (AvgIpc) is 2.34. The summed E-state index contributed by atoms with van der Waals surface area (Å²) in [5.74, 6) is 0. The Morgan fingerprint density at radius 1 is 1.16 bits per heavy atom. The average molecular weight is 359 g/mol. The minimum atomic E-state index is -4.46. The number of hydrogen-bond donors (Lipinski definition) is 1. The predicted molar refractivity (Wildman–Crippen MR) is 77.3 cm³/mol. The molecule has 0 saturated carbocycles. The molecule has 118 valence electrons. The van der Waals surface area contributed by atoms with Gasteiger partial charge in [-0.3, -0.25) is 4.57 Å². The smallest absolute Gasteiger partial charge is 0.268 e. The Morgan fingerprint density at radius 3 is 1.84 bits per heavy atom. The summed E-state index contributed by atoms with van der Waals surface area (Å²) in [6, 6.07) is 0. The molecule has 0 bridgehead atoms. The van der Waals surface area contributed by atoms with Crippen LogP contribution in [0.3, 0.4) is 0 Å². The van der Waals surface area contributed by atoms with E-state index in [4.69, 9.17) is 39.3 Å². The zero-order valence-corrected chi connectivity index (χ0v) is 14.9.